The lowest BCUT2D eigenvalue weighted by atomic mass is 10.1. The normalized spacial score (nSPS) is 14.7. The monoisotopic (exact) mass is 530 g/mol. The maximum atomic E-state index is 13.3. The maximum absolute atomic E-state index is 13.3. The molecule has 0 spiro atoms. The van der Waals surface area contributed by atoms with Crippen molar-refractivity contribution in [1.82, 2.24) is 10.2 Å². The average molecular weight is 531 g/mol. The molecule has 0 aliphatic carbocycles. The molecule has 2 amide bonds. The molecule has 2 N–H and O–H groups in total. The van der Waals surface area contributed by atoms with Gasteiger partial charge in [-0.2, -0.15) is 0 Å². The SMILES string of the molecule is COCCCNC(=O)c1cc(NC(=O)c2ccc3c(c2)OCO3)ccc1N1CCN(Cc2ccccc2)CC1. The molecule has 204 valence electrons. The number of benzene rings is 3. The highest BCUT2D eigenvalue weighted by molar-refractivity contribution is 6.06. The standard InChI is InChI=1S/C30H34N4O5/c1-37-17-5-12-31-30(36)25-19-24(32-29(35)23-8-11-27-28(18-23)39-21-38-27)9-10-26(25)34-15-13-33(14-16-34)20-22-6-3-2-4-7-22/h2-4,6-11,18-19H,5,12-17,20-21H2,1H3,(H,31,36)(H,32,35). The van der Waals surface area contributed by atoms with E-state index >= 15 is 0 Å². The fraction of sp³-hybridized carbons (Fsp3) is 0.333. The number of ether oxygens (including phenoxy) is 3. The lowest BCUT2D eigenvalue weighted by Crippen LogP contribution is -2.46. The highest BCUT2D eigenvalue weighted by atomic mass is 16.7. The predicted octanol–water partition coefficient (Wildman–Crippen LogP) is 3.76. The number of rotatable bonds is 10. The van der Waals surface area contributed by atoms with Crippen LogP contribution < -0.4 is 25.0 Å². The van der Waals surface area contributed by atoms with Gasteiger partial charge in [-0.15, -0.1) is 0 Å². The van der Waals surface area contributed by atoms with Gasteiger partial charge in [0.15, 0.2) is 11.5 Å². The fourth-order valence-electron chi connectivity index (χ4n) is 4.81. The van der Waals surface area contributed by atoms with E-state index in [2.05, 4.69) is 44.7 Å². The Morgan fingerprint density at radius 1 is 0.897 bits per heavy atom. The lowest BCUT2D eigenvalue weighted by molar-refractivity contribution is 0.0947. The third kappa shape index (κ3) is 6.68. The molecule has 3 aromatic rings. The summed E-state index contributed by atoms with van der Waals surface area (Å²) in [6, 6.07) is 21.0. The minimum atomic E-state index is -0.290. The van der Waals surface area contributed by atoms with E-state index in [1.807, 2.05) is 18.2 Å². The summed E-state index contributed by atoms with van der Waals surface area (Å²) in [5.74, 6) is 0.696. The summed E-state index contributed by atoms with van der Waals surface area (Å²) in [7, 11) is 1.64. The van der Waals surface area contributed by atoms with Crippen LogP contribution in [0.2, 0.25) is 0 Å². The maximum Gasteiger partial charge on any atom is 0.255 e. The van der Waals surface area contributed by atoms with Crippen molar-refractivity contribution in [2.24, 2.45) is 0 Å². The van der Waals surface area contributed by atoms with Gasteiger partial charge in [0.05, 0.1) is 5.56 Å². The van der Waals surface area contributed by atoms with E-state index in [4.69, 9.17) is 14.2 Å². The van der Waals surface area contributed by atoms with Gasteiger partial charge in [0, 0.05) is 69.9 Å². The van der Waals surface area contributed by atoms with Gasteiger partial charge in [0.1, 0.15) is 0 Å². The third-order valence-electron chi connectivity index (χ3n) is 6.91. The van der Waals surface area contributed by atoms with Crippen LogP contribution in [0.15, 0.2) is 66.7 Å². The van der Waals surface area contributed by atoms with E-state index < -0.39 is 0 Å². The number of anilines is 2. The Kier molecular flexibility index (Phi) is 8.60. The molecule has 2 aliphatic heterocycles. The first-order chi connectivity index (χ1) is 19.1. The zero-order chi connectivity index (χ0) is 27.0. The van der Waals surface area contributed by atoms with Crippen LogP contribution in [0.5, 0.6) is 11.5 Å². The van der Waals surface area contributed by atoms with Crippen molar-refractivity contribution in [2.45, 2.75) is 13.0 Å². The van der Waals surface area contributed by atoms with Crippen molar-refractivity contribution in [3.8, 4) is 11.5 Å². The van der Waals surface area contributed by atoms with Crippen LogP contribution in [0.25, 0.3) is 0 Å². The van der Waals surface area contributed by atoms with E-state index in [0.717, 1.165) is 44.8 Å². The largest absolute Gasteiger partial charge is 0.454 e. The minimum absolute atomic E-state index is 0.144. The molecule has 9 heteroatoms. The van der Waals surface area contributed by atoms with Gasteiger partial charge in [0.25, 0.3) is 11.8 Å². The predicted molar refractivity (Wildman–Crippen MR) is 150 cm³/mol. The van der Waals surface area contributed by atoms with Crippen LogP contribution >= 0.6 is 0 Å². The number of amides is 2. The molecule has 0 aromatic heterocycles. The van der Waals surface area contributed by atoms with E-state index in [1.54, 1.807) is 31.4 Å². The Balaban J connectivity index is 1.30. The molecule has 0 bridgehead atoms. The van der Waals surface area contributed by atoms with Crippen LogP contribution in [0, 0.1) is 0 Å². The number of nitrogens with one attached hydrogen (secondary N) is 2. The molecule has 3 aromatic carbocycles. The summed E-state index contributed by atoms with van der Waals surface area (Å²) < 4.78 is 15.8. The summed E-state index contributed by atoms with van der Waals surface area (Å²) >= 11 is 0. The van der Waals surface area contributed by atoms with Gasteiger partial charge in [0.2, 0.25) is 6.79 Å². The van der Waals surface area contributed by atoms with Crippen molar-refractivity contribution in [3.05, 3.63) is 83.4 Å². The molecule has 0 radical (unpaired) electrons. The molecule has 0 unspecified atom stereocenters. The van der Waals surface area contributed by atoms with Crippen molar-refractivity contribution in [3.63, 3.8) is 0 Å². The van der Waals surface area contributed by atoms with E-state index in [1.165, 1.54) is 5.56 Å². The second kappa shape index (κ2) is 12.6. The Morgan fingerprint density at radius 2 is 1.69 bits per heavy atom. The third-order valence-corrected chi connectivity index (χ3v) is 6.91. The number of hydrogen-bond donors (Lipinski definition) is 2. The minimum Gasteiger partial charge on any atom is -0.454 e. The molecule has 1 fully saturated rings. The number of hydrogen-bond acceptors (Lipinski definition) is 7. The summed E-state index contributed by atoms with van der Waals surface area (Å²) in [4.78, 5) is 30.9. The van der Waals surface area contributed by atoms with Crippen LogP contribution in [0.1, 0.15) is 32.7 Å². The van der Waals surface area contributed by atoms with Crippen LogP contribution in [0.4, 0.5) is 11.4 Å². The second-order valence-electron chi connectivity index (χ2n) is 9.61. The quantitative estimate of drug-likeness (QED) is 0.386. The molecule has 0 saturated carbocycles. The molecule has 1 saturated heterocycles. The first kappa shape index (κ1) is 26.5. The first-order valence-electron chi connectivity index (χ1n) is 13.2. The Morgan fingerprint density at radius 3 is 2.49 bits per heavy atom. The van der Waals surface area contributed by atoms with Crippen molar-refractivity contribution in [2.75, 3.05) is 63.5 Å². The van der Waals surface area contributed by atoms with Crippen LogP contribution in [-0.4, -0.2) is 69.9 Å². The van der Waals surface area contributed by atoms with Gasteiger partial charge in [-0.25, -0.2) is 0 Å². The van der Waals surface area contributed by atoms with Crippen LogP contribution in [0.3, 0.4) is 0 Å². The number of carbonyl (C=O) groups excluding carboxylic acids is 2. The summed E-state index contributed by atoms with van der Waals surface area (Å²) in [6.07, 6.45) is 0.719. The first-order valence-corrected chi connectivity index (χ1v) is 13.2. The Hall–Kier alpha value is -4.08. The van der Waals surface area contributed by atoms with Crippen molar-refractivity contribution in [1.29, 1.82) is 0 Å². The highest BCUT2D eigenvalue weighted by Crippen LogP contribution is 2.33. The zero-order valence-electron chi connectivity index (χ0n) is 22.2. The number of methoxy groups -OCH3 is 1. The van der Waals surface area contributed by atoms with Gasteiger partial charge in [-0.1, -0.05) is 30.3 Å². The molecule has 9 nitrogen and oxygen atoms in total. The number of nitrogens with zero attached hydrogens (tertiary/aromatic N) is 2. The van der Waals surface area contributed by atoms with Crippen LogP contribution in [-0.2, 0) is 11.3 Å². The van der Waals surface area contributed by atoms with E-state index in [-0.39, 0.29) is 18.6 Å². The number of fused-ring (bicyclic) bond motifs is 1. The smallest absolute Gasteiger partial charge is 0.255 e. The number of carbonyl (C=O) groups is 2. The molecule has 2 heterocycles. The van der Waals surface area contributed by atoms with E-state index in [9.17, 15) is 9.59 Å². The Labute approximate surface area is 228 Å². The topological polar surface area (TPSA) is 92.4 Å². The van der Waals surface area contributed by atoms with Crippen molar-refractivity contribution < 1.29 is 23.8 Å². The lowest BCUT2D eigenvalue weighted by Gasteiger charge is -2.37. The average Bonchev–Trinajstić information content (AvgIpc) is 3.44. The summed E-state index contributed by atoms with van der Waals surface area (Å²) in [5.41, 5.74) is 3.69. The van der Waals surface area contributed by atoms with Gasteiger partial charge in [-0.05, 0) is 48.4 Å². The summed E-state index contributed by atoms with van der Waals surface area (Å²) in [6.45, 7) is 5.53. The molecular formula is C30H34N4O5. The second-order valence-corrected chi connectivity index (χ2v) is 9.61. The highest BCUT2D eigenvalue weighted by Gasteiger charge is 2.23. The Bertz CT molecular complexity index is 1290. The fourth-order valence-corrected chi connectivity index (χ4v) is 4.81. The number of piperazine rings is 1. The molecule has 5 rings (SSSR count). The molecule has 39 heavy (non-hydrogen) atoms. The van der Waals surface area contributed by atoms with Crippen molar-refractivity contribution >= 4 is 23.2 Å². The van der Waals surface area contributed by atoms with E-state index in [0.29, 0.717) is 41.5 Å². The van der Waals surface area contributed by atoms with Gasteiger partial charge < -0.3 is 29.7 Å². The molecular weight excluding hydrogens is 496 g/mol. The van der Waals surface area contributed by atoms with Gasteiger partial charge >= 0.3 is 0 Å². The zero-order valence-corrected chi connectivity index (χ0v) is 22.2. The molecule has 0 atom stereocenters. The molecule has 2 aliphatic rings. The summed E-state index contributed by atoms with van der Waals surface area (Å²) in [5, 5.41) is 5.92. The van der Waals surface area contributed by atoms with Gasteiger partial charge in [-0.3, -0.25) is 14.5 Å².